The van der Waals surface area contributed by atoms with Crippen LogP contribution in [0.2, 0.25) is 0 Å². The van der Waals surface area contributed by atoms with Gasteiger partial charge in [-0.3, -0.25) is 4.79 Å². The highest BCUT2D eigenvalue weighted by atomic mass is 32.2. The fraction of sp³-hybridized carbons (Fsp3) is 0.176. The number of hydrogen-bond donors (Lipinski definition) is 3. The molecule has 2 aromatic rings. The molecule has 9 heteroatoms. The van der Waals surface area contributed by atoms with Crippen LogP contribution in [-0.4, -0.2) is 38.5 Å². The van der Waals surface area contributed by atoms with Crippen molar-refractivity contribution >= 4 is 21.9 Å². The monoisotopic (exact) mass is 380 g/mol. The number of carboxylic acid groups (broad SMARTS) is 1. The van der Waals surface area contributed by atoms with Crippen LogP contribution >= 0.6 is 0 Å². The Hall–Kier alpha value is -2.78. The molecule has 0 aliphatic heterocycles. The minimum atomic E-state index is -3.85. The quantitative estimate of drug-likeness (QED) is 0.631. The molecule has 0 aliphatic carbocycles. The highest BCUT2D eigenvalue weighted by Crippen LogP contribution is 2.14. The Morgan fingerprint density at radius 1 is 1.08 bits per heavy atom. The summed E-state index contributed by atoms with van der Waals surface area (Å²) in [6.45, 7) is 1.29. The van der Waals surface area contributed by atoms with Crippen molar-refractivity contribution < 1.29 is 27.5 Å². The second-order valence-electron chi connectivity index (χ2n) is 5.42. The number of carboxylic acids is 1. The topological polar surface area (TPSA) is 113 Å². The summed E-state index contributed by atoms with van der Waals surface area (Å²) >= 11 is 0. The van der Waals surface area contributed by atoms with Crippen molar-refractivity contribution in [1.29, 1.82) is 0 Å². The molecule has 0 radical (unpaired) electrons. The molecule has 0 unspecified atom stereocenters. The van der Waals surface area contributed by atoms with Gasteiger partial charge in [0.1, 0.15) is 5.82 Å². The second kappa shape index (κ2) is 8.07. The molecule has 0 heterocycles. The standard InChI is InChI=1S/C17H17FN2O5S/c1-11-10-12(6-7-15(11)18)26(24,25)20-9-8-19-16(21)13-4-2-3-5-14(13)17(22)23/h2-7,10,20H,8-9H2,1H3,(H,19,21)(H,22,23). The first-order chi connectivity index (χ1) is 12.2. The Morgan fingerprint density at radius 3 is 2.35 bits per heavy atom. The van der Waals surface area contributed by atoms with E-state index in [1.54, 1.807) is 0 Å². The van der Waals surface area contributed by atoms with Crippen molar-refractivity contribution in [3.63, 3.8) is 0 Å². The van der Waals surface area contributed by atoms with Crippen LogP contribution in [0.1, 0.15) is 26.3 Å². The minimum Gasteiger partial charge on any atom is -0.478 e. The van der Waals surface area contributed by atoms with Crippen LogP contribution in [0.4, 0.5) is 4.39 Å². The summed E-state index contributed by atoms with van der Waals surface area (Å²) in [6, 6.07) is 9.11. The molecule has 0 fully saturated rings. The molecule has 3 N–H and O–H groups in total. The molecule has 26 heavy (non-hydrogen) atoms. The highest BCUT2D eigenvalue weighted by molar-refractivity contribution is 7.89. The average Bonchev–Trinajstić information content (AvgIpc) is 2.60. The van der Waals surface area contributed by atoms with Crippen LogP contribution < -0.4 is 10.0 Å². The molecule has 0 bridgehead atoms. The van der Waals surface area contributed by atoms with E-state index >= 15 is 0 Å². The third kappa shape index (κ3) is 4.64. The molecular weight excluding hydrogens is 363 g/mol. The first-order valence-corrected chi connectivity index (χ1v) is 9.07. The van der Waals surface area contributed by atoms with Crippen LogP contribution in [0.25, 0.3) is 0 Å². The van der Waals surface area contributed by atoms with Crippen LogP contribution in [0.5, 0.6) is 0 Å². The molecule has 2 aromatic carbocycles. The van der Waals surface area contributed by atoms with Gasteiger partial charge in [-0.1, -0.05) is 12.1 Å². The first-order valence-electron chi connectivity index (χ1n) is 7.58. The number of hydrogen-bond acceptors (Lipinski definition) is 4. The van der Waals surface area contributed by atoms with Crippen LogP contribution in [0, 0.1) is 12.7 Å². The third-order valence-corrected chi connectivity index (χ3v) is 5.00. The lowest BCUT2D eigenvalue weighted by atomic mass is 10.1. The van der Waals surface area contributed by atoms with E-state index in [0.29, 0.717) is 0 Å². The molecule has 0 aromatic heterocycles. The van der Waals surface area contributed by atoms with Gasteiger partial charge in [-0.05, 0) is 42.8 Å². The normalized spacial score (nSPS) is 11.2. The molecule has 1 amide bonds. The summed E-state index contributed by atoms with van der Waals surface area (Å²) in [6.07, 6.45) is 0. The van der Waals surface area contributed by atoms with Gasteiger partial charge in [0.05, 0.1) is 16.0 Å². The SMILES string of the molecule is Cc1cc(S(=O)(=O)NCCNC(=O)c2ccccc2C(=O)O)ccc1F. The van der Waals surface area contributed by atoms with Gasteiger partial charge in [-0.2, -0.15) is 0 Å². The van der Waals surface area contributed by atoms with Crippen molar-refractivity contribution in [1.82, 2.24) is 10.0 Å². The van der Waals surface area contributed by atoms with Gasteiger partial charge in [-0.25, -0.2) is 22.3 Å². The lowest BCUT2D eigenvalue weighted by Crippen LogP contribution is -2.35. The highest BCUT2D eigenvalue weighted by Gasteiger charge is 2.17. The van der Waals surface area contributed by atoms with Crippen molar-refractivity contribution in [3.8, 4) is 0 Å². The lowest BCUT2D eigenvalue weighted by molar-refractivity contribution is 0.0691. The van der Waals surface area contributed by atoms with E-state index in [1.807, 2.05) is 0 Å². The summed E-state index contributed by atoms with van der Waals surface area (Å²) in [5.74, 6) is -2.36. The van der Waals surface area contributed by atoms with Gasteiger partial charge in [0.2, 0.25) is 10.0 Å². The molecule has 0 spiro atoms. The molecule has 0 saturated heterocycles. The molecule has 2 rings (SSSR count). The summed E-state index contributed by atoms with van der Waals surface area (Å²) in [4.78, 5) is 23.1. The number of rotatable bonds is 7. The first kappa shape index (κ1) is 19.5. The number of aromatic carboxylic acids is 1. The average molecular weight is 380 g/mol. The van der Waals surface area contributed by atoms with Crippen LogP contribution in [0.15, 0.2) is 47.4 Å². The minimum absolute atomic E-state index is 0.0167. The van der Waals surface area contributed by atoms with Gasteiger partial charge < -0.3 is 10.4 Å². The molecule has 0 atom stereocenters. The zero-order valence-corrected chi connectivity index (χ0v) is 14.6. The molecule has 0 saturated carbocycles. The molecule has 7 nitrogen and oxygen atoms in total. The number of benzene rings is 2. The number of nitrogens with one attached hydrogen (secondary N) is 2. The van der Waals surface area contributed by atoms with Gasteiger partial charge >= 0.3 is 5.97 Å². The molecule has 138 valence electrons. The van der Waals surface area contributed by atoms with E-state index in [2.05, 4.69) is 10.0 Å². The maximum absolute atomic E-state index is 13.2. The Labute approximate surface area is 149 Å². The Bertz CT molecular complexity index is 944. The summed E-state index contributed by atoms with van der Waals surface area (Å²) in [5, 5.41) is 11.5. The Kier molecular flexibility index (Phi) is 6.06. The number of amides is 1. The smallest absolute Gasteiger partial charge is 0.336 e. The van der Waals surface area contributed by atoms with Crippen molar-refractivity contribution in [2.24, 2.45) is 0 Å². The van der Waals surface area contributed by atoms with Crippen molar-refractivity contribution in [2.75, 3.05) is 13.1 Å². The van der Waals surface area contributed by atoms with E-state index in [-0.39, 0.29) is 34.7 Å². The number of halogens is 1. The third-order valence-electron chi connectivity index (χ3n) is 3.54. The van der Waals surface area contributed by atoms with Crippen molar-refractivity contribution in [2.45, 2.75) is 11.8 Å². The zero-order valence-electron chi connectivity index (χ0n) is 13.8. The fourth-order valence-electron chi connectivity index (χ4n) is 2.19. The molecule has 0 aliphatic rings. The Morgan fingerprint density at radius 2 is 1.73 bits per heavy atom. The van der Waals surface area contributed by atoms with Crippen molar-refractivity contribution in [3.05, 3.63) is 65.0 Å². The Balaban J connectivity index is 1.95. The lowest BCUT2D eigenvalue weighted by Gasteiger charge is -2.10. The van der Waals surface area contributed by atoms with E-state index in [0.717, 1.165) is 12.1 Å². The van der Waals surface area contributed by atoms with Crippen LogP contribution in [-0.2, 0) is 10.0 Å². The zero-order chi connectivity index (χ0) is 19.3. The van der Waals surface area contributed by atoms with Gasteiger partial charge in [-0.15, -0.1) is 0 Å². The summed E-state index contributed by atoms with van der Waals surface area (Å²) in [7, 11) is -3.85. The number of aryl methyl sites for hydroxylation is 1. The predicted octanol–water partition coefficient (Wildman–Crippen LogP) is 1.54. The summed E-state index contributed by atoms with van der Waals surface area (Å²) < 4.78 is 39.8. The maximum atomic E-state index is 13.2. The second-order valence-corrected chi connectivity index (χ2v) is 7.18. The van der Waals surface area contributed by atoms with E-state index in [4.69, 9.17) is 5.11 Å². The van der Waals surface area contributed by atoms with Gasteiger partial charge in [0, 0.05) is 13.1 Å². The maximum Gasteiger partial charge on any atom is 0.336 e. The molecular formula is C17H17FN2O5S. The van der Waals surface area contributed by atoms with Gasteiger partial charge in [0.15, 0.2) is 0 Å². The largest absolute Gasteiger partial charge is 0.478 e. The number of carbonyl (C=O) groups is 2. The summed E-state index contributed by atoms with van der Waals surface area (Å²) in [5.41, 5.74) is 0.0378. The fourth-order valence-corrected chi connectivity index (χ4v) is 3.31. The van der Waals surface area contributed by atoms with E-state index in [9.17, 15) is 22.4 Å². The van der Waals surface area contributed by atoms with E-state index in [1.165, 1.54) is 37.3 Å². The van der Waals surface area contributed by atoms with Crippen LogP contribution in [0.3, 0.4) is 0 Å². The van der Waals surface area contributed by atoms with E-state index < -0.39 is 27.7 Å². The van der Waals surface area contributed by atoms with Gasteiger partial charge in [0.25, 0.3) is 5.91 Å². The number of carbonyl (C=O) groups excluding carboxylic acids is 1. The number of sulfonamides is 1. The predicted molar refractivity (Wildman–Crippen MR) is 92.1 cm³/mol.